The van der Waals surface area contributed by atoms with Gasteiger partial charge in [-0.05, 0) is 6.42 Å². The van der Waals surface area contributed by atoms with Crippen LogP contribution >= 0.6 is 0 Å². The molecule has 1 fully saturated rings. The van der Waals surface area contributed by atoms with Crippen molar-refractivity contribution in [2.75, 3.05) is 39.5 Å². The van der Waals surface area contributed by atoms with Crippen molar-refractivity contribution in [1.29, 1.82) is 0 Å². The standard InChI is InChI=1S/C10H18N2O5/c13-9(14)7-17-4-2-11-10(15)12-5-8-1-3-16-6-8/h8H,1-7H2,(H,13,14)(H2,11,12,15). The number of hydrogen-bond donors (Lipinski definition) is 3. The average Bonchev–Trinajstić information content (AvgIpc) is 2.78. The van der Waals surface area contributed by atoms with Crippen LogP contribution in [0.4, 0.5) is 4.79 Å². The van der Waals surface area contributed by atoms with Crippen molar-refractivity contribution in [2.45, 2.75) is 6.42 Å². The van der Waals surface area contributed by atoms with Crippen LogP contribution in [0.2, 0.25) is 0 Å². The fraction of sp³-hybridized carbons (Fsp3) is 0.800. The Morgan fingerprint density at radius 3 is 2.88 bits per heavy atom. The Hall–Kier alpha value is -1.34. The number of nitrogens with one attached hydrogen (secondary N) is 2. The SMILES string of the molecule is O=C(O)COCCNC(=O)NCC1CCOC1. The van der Waals surface area contributed by atoms with Crippen molar-refractivity contribution in [3.8, 4) is 0 Å². The van der Waals surface area contributed by atoms with Crippen LogP contribution in [0.25, 0.3) is 0 Å². The molecule has 7 nitrogen and oxygen atoms in total. The van der Waals surface area contributed by atoms with E-state index in [9.17, 15) is 9.59 Å². The highest BCUT2D eigenvalue weighted by atomic mass is 16.5. The van der Waals surface area contributed by atoms with E-state index >= 15 is 0 Å². The van der Waals surface area contributed by atoms with Crippen LogP contribution < -0.4 is 10.6 Å². The number of hydrogen-bond acceptors (Lipinski definition) is 4. The fourth-order valence-electron chi connectivity index (χ4n) is 1.44. The summed E-state index contributed by atoms with van der Waals surface area (Å²) in [5.74, 6) is -0.625. The second-order valence-corrected chi connectivity index (χ2v) is 3.81. The van der Waals surface area contributed by atoms with E-state index in [4.69, 9.17) is 14.6 Å². The van der Waals surface area contributed by atoms with Gasteiger partial charge < -0.3 is 25.2 Å². The lowest BCUT2D eigenvalue weighted by Gasteiger charge is -2.10. The summed E-state index contributed by atoms with van der Waals surface area (Å²) in [5.41, 5.74) is 0. The zero-order chi connectivity index (χ0) is 12.5. The van der Waals surface area contributed by atoms with E-state index in [1.807, 2.05) is 0 Å². The maximum absolute atomic E-state index is 11.3. The molecule has 2 amide bonds. The van der Waals surface area contributed by atoms with Gasteiger partial charge in [0.25, 0.3) is 0 Å². The molecule has 0 aliphatic carbocycles. The molecule has 0 bridgehead atoms. The second kappa shape index (κ2) is 7.86. The van der Waals surface area contributed by atoms with E-state index in [2.05, 4.69) is 10.6 Å². The number of carboxylic acid groups (broad SMARTS) is 1. The maximum Gasteiger partial charge on any atom is 0.329 e. The number of carboxylic acids is 1. The van der Waals surface area contributed by atoms with Crippen molar-refractivity contribution >= 4 is 12.0 Å². The van der Waals surface area contributed by atoms with Crippen molar-refractivity contribution in [2.24, 2.45) is 5.92 Å². The van der Waals surface area contributed by atoms with Gasteiger partial charge in [-0.1, -0.05) is 0 Å². The van der Waals surface area contributed by atoms with Crippen LogP contribution in [0.15, 0.2) is 0 Å². The number of rotatable bonds is 7. The highest BCUT2D eigenvalue weighted by molar-refractivity contribution is 5.73. The van der Waals surface area contributed by atoms with E-state index in [0.717, 1.165) is 13.0 Å². The van der Waals surface area contributed by atoms with Gasteiger partial charge in [0, 0.05) is 25.6 Å². The molecule has 1 unspecified atom stereocenters. The van der Waals surface area contributed by atoms with Gasteiger partial charge in [-0.15, -0.1) is 0 Å². The highest BCUT2D eigenvalue weighted by Crippen LogP contribution is 2.10. The second-order valence-electron chi connectivity index (χ2n) is 3.81. The summed E-state index contributed by atoms with van der Waals surface area (Å²) >= 11 is 0. The van der Waals surface area contributed by atoms with Crippen molar-refractivity contribution in [1.82, 2.24) is 10.6 Å². The van der Waals surface area contributed by atoms with Gasteiger partial charge in [-0.3, -0.25) is 0 Å². The Kier molecular flexibility index (Phi) is 6.34. The summed E-state index contributed by atoms with van der Waals surface area (Å²) < 4.78 is 9.94. The maximum atomic E-state index is 11.3. The lowest BCUT2D eigenvalue weighted by Crippen LogP contribution is -2.39. The molecule has 0 aromatic rings. The minimum absolute atomic E-state index is 0.187. The predicted molar refractivity (Wildman–Crippen MR) is 58.8 cm³/mol. The molecule has 0 radical (unpaired) electrons. The average molecular weight is 246 g/mol. The third-order valence-electron chi connectivity index (χ3n) is 2.33. The zero-order valence-corrected chi connectivity index (χ0v) is 9.61. The first kappa shape index (κ1) is 13.7. The highest BCUT2D eigenvalue weighted by Gasteiger charge is 2.15. The van der Waals surface area contributed by atoms with Gasteiger partial charge in [0.15, 0.2) is 0 Å². The van der Waals surface area contributed by atoms with Crippen LogP contribution in [0.1, 0.15) is 6.42 Å². The van der Waals surface area contributed by atoms with E-state index < -0.39 is 5.97 Å². The monoisotopic (exact) mass is 246 g/mol. The molecule has 1 aliphatic rings. The number of carbonyl (C=O) groups excluding carboxylic acids is 1. The molecule has 0 spiro atoms. The summed E-state index contributed by atoms with van der Waals surface area (Å²) in [6.45, 7) is 2.19. The molecule has 3 N–H and O–H groups in total. The molecular formula is C10H18N2O5. The lowest BCUT2D eigenvalue weighted by molar-refractivity contribution is -0.142. The molecule has 0 aromatic carbocycles. The summed E-state index contributed by atoms with van der Waals surface area (Å²) in [7, 11) is 0. The number of amides is 2. The number of aliphatic carboxylic acids is 1. The molecule has 0 saturated carbocycles. The molecule has 7 heteroatoms. The van der Waals surface area contributed by atoms with Gasteiger partial charge >= 0.3 is 12.0 Å². The number of ether oxygens (including phenoxy) is 2. The Labute approximate surface area is 99.5 Å². The molecular weight excluding hydrogens is 228 g/mol. The third-order valence-corrected chi connectivity index (χ3v) is 2.33. The van der Waals surface area contributed by atoms with Crippen molar-refractivity contribution < 1.29 is 24.2 Å². The smallest absolute Gasteiger partial charge is 0.329 e. The minimum atomic E-state index is -1.02. The molecule has 1 atom stereocenters. The van der Waals surface area contributed by atoms with Crippen LogP contribution in [-0.2, 0) is 14.3 Å². The molecule has 1 rings (SSSR count). The van der Waals surface area contributed by atoms with E-state index in [0.29, 0.717) is 25.6 Å². The number of urea groups is 1. The van der Waals surface area contributed by atoms with Crippen LogP contribution in [0.5, 0.6) is 0 Å². The lowest BCUT2D eigenvalue weighted by atomic mass is 10.1. The Bertz CT molecular complexity index is 253. The van der Waals surface area contributed by atoms with Gasteiger partial charge in [0.1, 0.15) is 6.61 Å². The minimum Gasteiger partial charge on any atom is -0.480 e. The summed E-state index contributed by atoms with van der Waals surface area (Å²) in [6, 6.07) is -0.268. The predicted octanol–water partition coefficient (Wildman–Crippen LogP) is -0.577. The molecule has 0 aromatic heterocycles. The van der Waals surface area contributed by atoms with E-state index in [1.54, 1.807) is 0 Å². The summed E-state index contributed by atoms with van der Waals surface area (Å²) in [4.78, 5) is 21.4. The zero-order valence-electron chi connectivity index (χ0n) is 9.61. The summed E-state index contributed by atoms with van der Waals surface area (Å²) in [6.07, 6.45) is 0.974. The van der Waals surface area contributed by atoms with Crippen LogP contribution in [-0.4, -0.2) is 56.6 Å². The van der Waals surface area contributed by atoms with Crippen molar-refractivity contribution in [3.63, 3.8) is 0 Å². The van der Waals surface area contributed by atoms with E-state index in [1.165, 1.54) is 0 Å². The first-order valence-corrected chi connectivity index (χ1v) is 5.57. The van der Waals surface area contributed by atoms with Crippen molar-refractivity contribution in [3.05, 3.63) is 0 Å². The number of carbonyl (C=O) groups is 2. The van der Waals surface area contributed by atoms with Gasteiger partial charge in [0.05, 0.1) is 13.2 Å². The quantitative estimate of drug-likeness (QED) is 0.522. The molecule has 17 heavy (non-hydrogen) atoms. The molecule has 1 saturated heterocycles. The molecule has 1 heterocycles. The normalized spacial score (nSPS) is 18.9. The first-order valence-electron chi connectivity index (χ1n) is 5.57. The Morgan fingerprint density at radius 1 is 1.41 bits per heavy atom. The Balaban J connectivity index is 1.92. The Morgan fingerprint density at radius 2 is 2.24 bits per heavy atom. The van der Waals surface area contributed by atoms with Gasteiger partial charge in [0.2, 0.25) is 0 Å². The van der Waals surface area contributed by atoms with Gasteiger partial charge in [-0.2, -0.15) is 0 Å². The third kappa shape index (κ3) is 6.75. The van der Waals surface area contributed by atoms with Gasteiger partial charge in [-0.25, -0.2) is 9.59 Å². The molecule has 1 aliphatic heterocycles. The van der Waals surface area contributed by atoms with Crippen LogP contribution in [0, 0.1) is 5.92 Å². The summed E-state index contributed by atoms with van der Waals surface area (Å²) in [5, 5.41) is 13.6. The topological polar surface area (TPSA) is 96.9 Å². The first-order chi connectivity index (χ1) is 8.18. The molecule has 98 valence electrons. The van der Waals surface area contributed by atoms with E-state index in [-0.39, 0.29) is 19.2 Å². The van der Waals surface area contributed by atoms with Crippen LogP contribution in [0.3, 0.4) is 0 Å². The fourth-order valence-corrected chi connectivity index (χ4v) is 1.44. The largest absolute Gasteiger partial charge is 0.480 e.